The van der Waals surface area contributed by atoms with E-state index >= 15 is 0 Å². The van der Waals surface area contributed by atoms with Crippen LogP contribution in [-0.4, -0.2) is 60.5 Å². The number of benzene rings is 2. The lowest BCUT2D eigenvalue weighted by atomic mass is 9.86. The maximum atomic E-state index is 13.5. The minimum Gasteiger partial charge on any atom is -0.481 e. The number of hydrogen-bond donors (Lipinski definition) is 2. The number of carbonyl (C=O) groups is 3. The van der Waals surface area contributed by atoms with E-state index in [0.717, 1.165) is 25.2 Å². The number of carboxylic acids is 1. The number of carboxylic acid groups (broad SMARTS) is 1. The van der Waals surface area contributed by atoms with Crippen LogP contribution in [-0.2, 0) is 9.59 Å². The van der Waals surface area contributed by atoms with Gasteiger partial charge in [-0.05, 0) is 49.2 Å². The lowest BCUT2D eigenvalue weighted by molar-refractivity contribution is -0.137. The molecule has 2 N–H and O–H groups in total. The number of nitrogens with zero attached hydrogens (tertiary/aromatic N) is 2. The Morgan fingerprint density at radius 2 is 1.66 bits per heavy atom. The third kappa shape index (κ3) is 4.83. The van der Waals surface area contributed by atoms with Crippen molar-refractivity contribution in [2.24, 2.45) is 0 Å². The van der Waals surface area contributed by atoms with E-state index in [2.05, 4.69) is 10.2 Å². The Bertz CT molecular complexity index is 1000. The fourth-order valence-electron chi connectivity index (χ4n) is 4.73. The Kier molecular flexibility index (Phi) is 6.85. The lowest BCUT2D eigenvalue weighted by Gasteiger charge is -2.27. The van der Waals surface area contributed by atoms with Gasteiger partial charge in [0.25, 0.3) is 5.91 Å². The number of amides is 2. The van der Waals surface area contributed by atoms with Crippen molar-refractivity contribution in [3.8, 4) is 0 Å². The van der Waals surface area contributed by atoms with Crippen molar-refractivity contribution in [3.63, 3.8) is 0 Å². The summed E-state index contributed by atoms with van der Waals surface area (Å²) in [4.78, 5) is 41.7. The summed E-state index contributed by atoms with van der Waals surface area (Å²) in [7, 11) is 0. The molecule has 0 aliphatic carbocycles. The highest BCUT2D eigenvalue weighted by molar-refractivity contribution is 6.11. The maximum Gasteiger partial charge on any atom is 0.304 e. The molecule has 0 radical (unpaired) electrons. The minimum atomic E-state index is -0.934. The highest BCUT2D eigenvalue weighted by Crippen LogP contribution is 2.40. The first-order valence-electron chi connectivity index (χ1n) is 11.2. The number of para-hydroxylation sites is 1. The number of piperidine rings is 1. The number of aliphatic carboxylic acids is 1. The van der Waals surface area contributed by atoms with Crippen LogP contribution in [0.4, 0.5) is 5.69 Å². The molecule has 1 unspecified atom stereocenters. The number of rotatable bonds is 7. The average Bonchev–Trinajstić information content (AvgIpc) is 2.89. The minimum absolute atomic E-state index is 0.107. The number of nitrogens with one attached hydrogen (secondary N) is 1. The van der Waals surface area contributed by atoms with Crippen LogP contribution in [0.2, 0.25) is 0 Å². The van der Waals surface area contributed by atoms with Crippen molar-refractivity contribution in [2.75, 3.05) is 37.6 Å². The molecule has 0 spiro atoms. The van der Waals surface area contributed by atoms with Gasteiger partial charge >= 0.3 is 5.97 Å². The molecule has 7 nitrogen and oxygen atoms in total. The van der Waals surface area contributed by atoms with Gasteiger partial charge < -0.3 is 15.3 Å². The van der Waals surface area contributed by atoms with E-state index in [0.29, 0.717) is 23.4 Å². The van der Waals surface area contributed by atoms with E-state index in [1.165, 1.54) is 24.2 Å². The molecule has 2 amide bonds. The number of carbonyl (C=O) groups excluding carboxylic acids is 2. The third-order valence-electron chi connectivity index (χ3n) is 6.29. The summed E-state index contributed by atoms with van der Waals surface area (Å²) in [6.07, 6.45) is 3.54. The molecule has 2 heterocycles. The monoisotopic (exact) mass is 435 g/mol. The number of likely N-dealkylation sites (tertiary alicyclic amines) is 1. The summed E-state index contributed by atoms with van der Waals surface area (Å²) in [6.45, 7) is 3.37. The zero-order valence-electron chi connectivity index (χ0n) is 18.1. The van der Waals surface area contributed by atoms with E-state index in [9.17, 15) is 19.5 Å². The van der Waals surface area contributed by atoms with E-state index < -0.39 is 11.9 Å². The second-order valence-corrected chi connectivity index (χ2v) is 8.44. The van der Waals surface area contributed by atoms with Crippen molar-refractivity contribution >= 4 is 23.5 Å². The topological polar surface area (TPSA) is 90.0 Å². The maximum absolute atomic E-state index is 13.5. The molecule has 7 heteroatoms. The predicted octanol–water partition coefficient (Wildman–Crippen LogP) is 2.86. The third-order valence-corrected chi connectivity index (χ3v) is 6.29. The van der Waals surface area contributed by atoms with E-state index in [4.69, 9.17) is 0 Å². The van der Waals surface area contributed by atoms with E-state index in [1.807, 2.05) is 18.2 Å². The Balaban J connectivity index is 1.56. The van der Waals surface area contributed by atoms with Gasteiger partial charge in [0, 0.05) is 30.3 Å². The van der Waals surface area contributed by atoms with Gasteiger partial charge in [-0.3, -0.25) is 19.3 Å². The summed E-state index contributed by atoms with van der Waals surface area (Å²) in [5, 5.41) is 12.5. The van der Waals surface area contributed by atoms with E-state index in [-0.39, 0.29) is 24.8 Å². The molecule has 168 valence electrons. The smallest absolute Gasteiger partial charge is 0.304 e. The molecule has 2 aromatic rings. The van der Waals surface area contributed by atoms with Crippen molar-refractivity contribution < 1.29 is 19.5 Å². The second kappa shape index (κ2) is 9.96. The summed E-state index contributed by atoms with van der Waals surface area (Å²) in [5.74, 6) is -1.90. The lowest BCUT2D eigenvalue weighted by Crippen LogP contribution is -2.43. The summed E-state index contributed by atoms with van der Waals surface area (Å²) < 4.78 is 0. The zero-order chi connectivity index (χ0) is 22.5. The Morgan fingerprint density at radius 1 is 0.969 bits per heavy atom. The molecule has 2 aromatic carbocycles. The van der Waals surface area contributed by atoms with Gasteiger partial charge in [0.05, 0.1) is 6.42 Å². The van der Waals surface area contributed by atoms with Crippen molar-refractivity contribution in [3.05, 3.63) is 65.2 Å². The van der Waals surface area contributed by atoms with Gasteiger partial charge in [-0.1, -0.05) is 42.8 Å². The molecule has 1 fully saturated rings. The van der Waals surface area contributed by atoms with Gasteiger partial charge in [0.1, 0.15) is 6.54 Å². The van der Waals surface area contributed by atoms with Crippen LogP contribution in [0.25, 0.3) is 0 Å². The van der Waals surface area contributed by atoms with Crippen LogP contribution in [0.1, 0.15) is 53.1 Å². The fraction of sp³-hybridized carbons (Fsp3) is 0.400. The molecule has 32 heavy (non-hydrogen) atoms. The Hall–Kier alpha value is -3.19. The summed E-state index contributed by atoms with van der Waals surface area (Å²) in [5.41, 5.74) is 2.46. The van der Waals surface area contributed by atoms with Crippen LogP contribution in [0.3, 0.4) is 0 Å². The average molecular weight is 436 g/mol. The molecule has 1 saturated heterocycles. The molecule has 0 bridgehead atoms. The molecule has 4 rings (SSSR count). The van der Waals surface area contributed by atoms with Crippen LogP contribution in [0.15, 0.2) is 48.5 Å². The molecular weight excluding hydrogens is 406 g/mol. The highest BCUT2D eigenvalue weighted by atomic mass is 16.4. The molecule has 2 aliphatic rings. The first kappa shape index (κ1) is 22.0. The van der Waals surface area contributed by atoms with Gasteiger partial charge in [0.15, 0.2) is 0 Å². The number of anilines is 1. The molecular formula is C25H29N3O4. The van der Waals surface area contributed by atoms with Crippen LogP contribution in [0.5, 0.6) is 0 Å². The first-order valence-corrected chi connectivity index (χ1v) is 11.2. The van der Waals surface area contributed by atoms with Crippen LogP contribution < -0.4 is 10.2 Å². The van der Waals surface area contributed by atoms with Crippen molar-refractivity contribution in [1.82, 2.24) is 10.2 Å². The second-order valence-electron chi connectivity index (χ2n) is 8.44. The van der Waals surface area contributed by atoms with Gasteiger partial charge in [-0.2, -0.15) is 0 Å². The normalized spacial score (nSPS) is 18.4. The van der Waals surface area contributed by atoms with Gasteiger partial charge in [-0.25, -0.2) is 0 Å². The largest absolute Gasteiger partial charge is 0.481 e. The quantitative estimate of drug-likeness (QED) is 0.698. The number of hydrogen-bond acceptors (Lipinski definition) is 4. The van der Waals surface area contributed by atoms with Crippen LogP contribution >= 0.6 is 0 Å². The molecule has 0 aromatic heterocycles. The van der Waals surface area contributed by atoms with Gasteiger partial charge in [-0.15, -0.1) is 0 Å². The molecule has 1 atom stereocenters. The number of fused-ring (bicyclic) bond motifs is 2. The summed E-state index contributed by atoms with van der Waals surface area (Å²) >= 11 is 0. The van der Waals surface area contributed by atoms with Crippen LogP contribution in [0, 0.1) is 0 Å². The highest BCUT2D eigenvalue weighted by Gasteiger charge is 2.34. The SMILES string of the molecule is O=C(O)CC1c2ccccc2C(=O)N(CC(=O)NCCN2CCCCC2)c2ccccc21. The Morgan fingerprint density at radius 3 is 2.41 bits per heavy atom. The van der Waals surface area contributed by atoms with Crippen molar-refractivity contribution in [2.45, 2.75) is 31.6 Å². The summed E-state index contributed by atoms with van der Waals surface area (Å²) in [6, 6.07) is 14.4. The standard InChI is InChI=1S/C25H29N3O4/c29-23(26-12-15-27-13-6-1-7-14-27)17-28-22-11-5-4-9-19(22)21(16-24(30)31)18-8-2-3-10-20(18)25(28)32/h2-5,8-11,21H,1,6-7,12-17H2,(H,26,29)(H,30,31). The zero-order valence-corrected chi connectivity index (χ0v) is 18.1. The fourth-order valence-corrected chi connectivity index (χ4v) is 4.73. The molecule has 2 aliphatic heterocycles. The van der Waals surface area contributed by atoms with Gasteiger partial charge in [0.2, 0.25) is 5.91 Å². The first-order chi connectivity index (χ1) is 15.5. The predicted molar refractivity (Wildman–Crippen MR) is 122 cm³/mol. The Labute approximate surface area is 188 Å². The molecule has 0 saturated carbocycles. The van der Waals surface area contributed by atoms with Crippen molar-refractivity contribution in [1.29, 1.82) is 0 Å². The van der Waals surface area contributed by atoms with E-state index in [1.54, 1.807) is 30.3 Å².